The van der Waals surface area contributed by atoms with Crippen molar-refractivity contribution in [2.45, 2.75) is 57.4 Å². The molecule has 0 aromatic rings. The van der Waals surface area contributed by atoms with Crippen molar-refractivity contribution < 1.29 is 9.59 Å². The zero-order valence-electron chi connectivity index (χ0n) is 10.5. The van der Waals surface area contributed by atoms with Crippen molar-refractivity contribution in [3.8, 4) is 0 Å². The summed E-state index contributed by atoms with van der Waals surface area (Å²) < 4.78 is 0. The minimum Gasteiger partial charge on any atom is -0.335 e. The molecule has 1 rings (SSSR count). The highest BCUT2D eigenvalue weighted by atomic mass is 35.5. The van der Waals surface area contributed by atoms with E-state index in [2.05, 4.69) is 17.6 Å². The van der Waals surface area contributed by atoms with Gasteiger partial charge in [0, 0.05) is 6.04 Å². The second-order valence-electron chi connectivity index (χ2n) is 4.80. The van der Waals surface area contributed by atoms with Gasteiger partial charge in [-0.05, 0) is 25.7 Å². The van der Waals surface area contributed by atoms with Gasteiger partial charge in [-0.25, -0.2) is 4.79 Å². The Balaban J connectivity index is 2.41. The van der Waals surface area contributed by atoms with Crippen LogP contribution in [0.5, 0.6) is 0 Å². The first-order valence-corrected chi connectivity index (χ1v) is 6.69. The molecule has 5 heteroatoms. The standard InChI is InChI=1S/C12H21ClN2O2/c1-8-6-4-3-5-7-10(8)14-12(17)15-11(16)9(2)13/h8-10H,3-7H2,1-2H3,(H2,14,15,16,17). The molecule has 1 aliphatic carbocycles. The van der Waals surface area contributed by atoms with Crippen molar-refractivity contribution in [2.24, 2.45) is 5.92 Å². The lowest BCUT2D eigenvalue weighted by atomic mass is 9.97. The zero-order chi connectivity index (χ0) is 12.8. The number of imide groups is 1. The number of carbonyl (C=O) groups excluding carboxylic acids is 2. The number of halogens is 1. The summed E-state index contributed by atoms with van der Waals surface area (Å²) in [6.45, 7) is 3.68. The Bertz CT molecular complexity index is 282. The number of rotatable bonds is 2. The summed E-state index contributed by atoms with van der Waals surface area (Å²) in [7, 11) is 0. The fourth-order valence-electron chi connectivity index (χ4n) is 2.12. The van der Waals surface area contributed by atoms with Crippen LogP contribution in [0.3, 0.4) is 0 Å². The minimum atomic E-state index is -0.688. The number of nitrogens with one attached hydrogen (secondary N) is 2. The van der Waals surface area contributed by atoms with Crippen molar-refractivity contribution in [1.29, 1.82) is 0 Å². The van der Waals surface area contributed by atoms with Crippen LogP contribution in [0.2, 0.25) is 0 Å². The molecule has 98 valence electrons. The molecule has 0 saturated heterocycles. The van der Waals surface area contributed by atoms with E-state index in [9.17, 15) is 9.59 Å². The Labute approximate surface area is 107 Å². The number of amides is 3. The fourth-order valence-corrected chi connectivity index (χ4v) is 2.18. The highest BCUT2D eigenvalue weighted by Gasteiger charge is 2.22. The number of hydrogen-bond acceptors (Lipinski definition) is 2. The molecule has 0 bridgehead atoms. The molecule has 4 nitrogen and oxygen atoms in total. The lowest BCUT2D eigenvalue weighted by molar-refractivity contribution is -0.119. The highest BCUT2D eigenvalue weighted by molar-refractivity contribution is 6.31. The quantitative estimate of drug-likeness (QED) is 0.592. The van der Waals surface area contributed by atoms with Crippen LogP contribution in [0, 0.1) is 5.92 Å². The van der Waals surface area contributed by atoms with Gasteiger partial charge in [0.15, 0.2) is 0 Å². The van der Waals surface area contributed by atoms with E-state index in [1.54, 1.807) is 6.92 Å². The molecular weight excluding hydrogens is 240 g/mol. The first-order chi connectivity index (χ1) is 8.00. The molecule has 1 aliphatic rings. The Hall–Kier alpha value is -0.770. The lowest BCUT2D eigenvalue weighted by Gasteiger charge is -2.22. The van der Waals surface area contributed by atoms with Crippen molar-refractivity contribution in [3.05, 3.63) is 0 Å². The lowest BCUT2D eigenvalue weighted by Crippen LogP contribution is -2.48. The summed E-state index contributed by atoms with van der Waals surface area (Å²) in [5.74, 6) is 0.0113. The van der Waals surface area contributed by atoms with Crippen LogP contribution >= 0.6 is 11.6 Å². The summed E-state index contributed by atoms with van der Waals surface area (Å²) in [6.07, 6.45) is 5.69. The van der Waals surface area contributed by atoms with Gasteiger partial charge in [0.1, 0.15) is 5.38 Å². The van der Waals surface area contributed by atoms with E-state index < -0.39 is 17.3 Å². The molecule has 0 heterocycles. The third kappa shape index (κ3) is 4.94. The minimum absolute atomic E-state index is 0.163. The molecule has 0 radical (unpaired) electrons. The maximum Gasteiger partial charge on any atom is 0.321 e. The van der Waals surface area contributed by atoms with Gasteiger partial charge < -0.3 is 5.32 Å². The second kappa shape index (κ2) is 6.84. The fraction of sp³-hybridized carbons (Fsp3) is 0.833. The van der Waals surface area contributed by atoms with Crippen LogP contribution in [0.4, 0.5) is 4.79 Å². The normalized spacial score (nSPS) is 26.8. The third-order valence-corrected chi connectivity index (χ3v) is 3.47. The summed E-state index contributed by atoms with van der Waals surface area (Å²) in [4.78, 5) is 22.8. The zero-order valence-corrected chi connectivity index (χ0v) is 11.2. The predicted octanol–water partition coefficient (Wildman–Crippen LogP) is 2.41. The Kier molecular flexibility index (Phi) is 5.75. The van der Waals surface area contributed by atoms with E-state index in [1.165, 1.54) is 12.8 Å². The van der Waals surface area contributed by atoms with E-state index in [4.69, 9.17) is 11.6 Å². The molecule has 2 N–H and O–H groups in total. The van der Waals surface area contributed by atoms with E-state index >= 15 is 0 Å². The van der Waals surface area contributed by atoms with E-state index in [0.717, 1.165) is 19.3 Å². The number of hydrogen-bond donors (Lipinski definition) is 2. The first-order valence-electron chi connectivity index (χ1n) is 6.26. The van der Waals surface area contributed by atoms with Crippen LogP contribution in [0.15, 0.2) is 0 Å². The molecule has 0 aromatic carbocycles. The topological polar surface area (TPSA) is 58.2 Å². The molecule has 3 unspecified atom stereocenters. The van der Waals surface area contributed by atoms with E-state index in [1.807, 2.05) is 0 Å². The first kappa shape index (κ1) is 14.3. The molecule has 3 amide bonds. The molecule has 1 fully saturated rings. The smallest absolute Gasteiger partial charge is 0.321 e. The van der Waals surface area contributed by atoms with E-state index in [0.29, 0.717) is 5.92 Å². The van der Waals surface area contributed by atoms with Crippen LogP contribution in [-0.4, -0.2) is 23.4 Å². The van der Waals surface area contributed by atoms with Gasteiger partial charge in [0.25, 0.3) is 0 Å². The predicted molar refractivity (Wildman–Crippen MR) is 68.0 cm³/mol. The summed E-state index contributed by atoms with van der Waals surface area (Å²) in [5, 5.41) is 4.42. The van der Waals surface area contributed by atoms with E-state index in [-0.39, 0.29) is 6.04 Å². The molecule has 0 spiro atoms. The van der Waals surface area contributed by atoms with Gasteiger partial charge in [-0.2, -0.15) is 0 Å². The average Bonchev–Trinajstić information content (AvgIpc) is 2.44. The molecule has 1 saturated carbocycles. The van der Waals surface area contributed by atoms with Crippen molar-refractivity contribution >= 4 is 23.5 Å². The van der Waals surface area contributed by atoms with Gasteiger partial charge in [0.05, 0.1) is 0 Å². The largest absolute Gasteiger partial charge is 0.335 e. The number of urea groups is 1. The molecule has 0 aromatic heterocycles. The second-order valence-corrected chi connectivity index (χ2v) is 5.46. The van der Waals surface area contributed by atoms with Crippen LogP contribution in [0.1, 0.15) is 46.0 Å². The highest BCUT2D eigenvalue weighted by Crippen LogP contribution is 2.22. The van der Waals surface area contributed by atoms with Crippen LogP contribution < -0.4 is 10.6 Å². The molecule has 0 aliphatic heterocycles. The van der Waals surface area contributed by atoms with Crippen LogP contribution in [-0.2, 0) is 4.79 Å². The molecule has 17 heavy (non-hydrogen) atoms. The molecule has 3 atom stereocenters. The summed E-state index contributed by atoms with van der Waals surface area (Å²) >= 11 is 5.58. The van der Waals surface area contributed by atoms with Crippen molar-refractivity contribution in [2.75, 3.05) is 0 Å². The van der Waals surface area contributed by atoms with Gasteiger partial charge in [-0.3, -0.25) is 10.1 Å². The summed E-state index contributed by atoms with van der Waals surface area (Å²) in [5.41, 5.74) is 0. The van der Waals surface area contributed by atoms with Gasteiger partial charge in [0.2, 0.25) is 5.91 Å². The average molecular weight is 261 g/mol. The summed E-state index contributed by atoms with van der Waals surface area (Å²) in [6, 6.07) is -0.266. The van der Waals surface area contributed by atoms with Gasteiger partial charge >= 0.3 is 6.03 Å². The third-order valence-electron chi connectivity index (χ3n) is 3.28. The van der Waals surface area contributed by atoms with Crippen molar-refractivity contribution in [1.82, 2.24) is 10.6 Å². The van der Waals surface area contributed by atoms with Gasteiger partial charge in [-0.1, -0.05) is 26.2 Å². The Morgan fingerprint density at radius 2 is 1.88 bits per heavy atom. The molecular formula is C12H21ClN2O2. The SMILES string of the molecule is CC(Cl)C(=O)NC(=O)NC1CCCCCC1C. The number of alkyl halides is 1. The van der Waals surface area contributed by atoms with Crippen molar-refractivity contribution in [3.63, 3.8) is 0 Å². The number of carbonyl (C=O) groups is 2. The monoisotopic (exact) mass is 260 g/mol. The maximum atomic E-state index is 11.6. The Morgan fingerprint density at radius 3 is 2.53 bits per heavy atom. The Morgan fingerprint density at radius 1 is 1.24 bits per heavy atom. The van der Waals surface area contributed by atoms with Gasteiger partial charge in [-0.15, -0.1) is 11.6 Å². The maximum absolute atomic E-state index is 11.6. The van der Waals surface area contributed by atoms with Crippen LogP contribution in [0.25, 0.3) is 0 Å².